The monoisotopic (exact) mass is 316 g/mol. The Bertz CT molecular complexity index is 424. The Hall–Kier alpha value is 0.130. The zero-order valence-electron chi connectivity index (χ0n) is 9.15. The molecule has 0 heterocycles. The van der Waals surface area contributed by atoms with E-state index in [4.69, 9.17) is 53.7 Å². The topological polar surface area (TPSA) is 47.9 Å². The van der Waals surface area contributed by atoms with Crippen molar-refractivity contribution in [2.45, 2.75) is 6.61 Å². The number of halogens is 2. The highest BCUT2D eigenvalue weighted by molar-refractivity contribution is 8.07. The molecule has 0 unspecified atom stereocenters. The third-order valence-electron chi connectivity index (χ3n) is 1.89. The molecule has 0 amide bonds. The molecule has 0 aliphatic carbocycles. The van der Waals surface area contributed by atoms with E-state index in [1.54, 1.807) is 0 Å². The minimum Gasteiger partial charge on any atom is -0.421 e. The third kappa shape index (κ3) is 3.80. The van der Waals surface area contributed by atoms with E-state index in [2.05, 4.69) is 0 Å². The van der Waals surface area contributed by atoms with E-state index < -0.39 is 6.72 Å². The van der Waals surface area contributed by atoms with Crippen LogP contribution in [-0.2, 0) is 27.5 Å². The summed E-state index contributed by atoms with van der Waals surface area (Å²) in [6, 6.07) is 3.07. The fourth-order valence-electron chi connectivity index (χ4n) is 1.05. The van der Waals surface area contributed by atoms with Gasteiger partial charge >= 0.3 is 6.72 Å². The molecule has 1 N–H and O–H groups in total. The van der Waals surface area contributed by atoms with Crippen molar-refractivity contribution in [2.24, 2.45) is 0 Å². The standard InChI is InChI=1S/C9H11Cl2O4PS/c1-13-16(17,14-2)15-9-7(10)3-6(5-12)4-8(9)11/h3-4,12H,5H2,1-2H3. The summed E-state index contributed by atoms with van der Waals surface area (Å²) in [4.78, 5) is 0. The molecule has 0 saturated carbocycles. The quantitative estimate of drug-likeness (QED) is 0.844. The van der Waals surface area contributed by atoms with Crippen molar-refractivity contribution in [2.75, 3.05) is 14.2 Å². The summed E-state index contributed by atoms with van der Waals surface area (Å²) >= 11 is 17.0. The van der Waals surface area contributed by atoms with Gasteiger partial charge < -0.3 is 18.7 Å². The number of benzene rings is 1. The lowest BCUT2D eigenvalue weighted by Gasteiger charge is -2.20. The van der Waals surface area contributed by atoms with Gasteiger partial charge in [-0.1, -0.05) is 23.2 Å². The molecule has 0 fully saturated rings. The second-order valence-corrected chi connectivity index (χ2v) is 6.91. The van der Waals surface area contributed by atoms with Gasteiger partial charge in [0.05, 0.1) is 16.7 Å². The number of aliphatic hydroxyl groups is 1. The molecular weight excluding hydrogens is 306 g/mol. The second-order valence-electron chi connectivity index (χ2n) is 2.95. The van der Waals surface area contributed by atoms with Crippen molar-refractivity contribution in [1.29, 1.82) is 0 Å². The van der Waals surface area contributed by atoms with Gasteiger partial charge in [-0.25, -0.2) is 0 Å². The van der Waals surface area contributed by atoms with E-state index in [0.717, 1.165) is 0 Å². The van der Waals surface area contributed by atoms with Crippen LogP contribution in [0.4, 0.5) is 0 Å². The van der Waals surface area contributed by atoms with E-state index in [-0.39, 0.29) is 22.4 Å². The molecule has 1 rings (SSSR count). The van der Waals surface area contributed by atoms with Gasteiger partial charge in [0.25, 0.3) is 0 Å². The molecule has 8 heteroatoms. The van der Waals surface area contributed by atoms with Gasteiger partial charge in [0.15, 0.2) is 5.75 Å². The Labute approximate surface area is 115 Å². The lowest BCUT2D eigenvalue weighted by Crippen LogP contribution is -1.98. The first kappa shape index (κ1) is 15.2. The minimum atomic E-state index is -2.88. The van der Waals surface area contributed by atoms with Crippen LogP contribution in [0.15, 0.2) is 12.1 Å². The first-order valence-electron chi connectivity index (χ1n) is 4.45. The fourth-order valence-corrected chi connectivity index (χ4v) is 2.71. The van der Waals surface area contributed by atoms with Crippen LogP contribution in [0.2, 0.25) is 10.0 Å². The average molecular weight is 317 g/mol. The summed E-state index contributed by atoms with van der Waals surface area (Å²) in [7, 11) is 2.77. The molecule has 0 aliphatic rings. The van der Waals surface area contributed by atoms with Gasteiger partial charge in [0, 0.05) is 26.0 Å². The number of hydrogen-bond donors (Lipinski definition) is 1. The summed E-state index contributed by atoms with van der Waals surface area (Å²) in [6.07, 6.45) is 0. The Morgan fingerprint density at radius 3 is 2.06 bits per heavy atom. The fraction of sp³-hybridized carbons (Fsp3) is 0.333. The Morgan fingerprint density at radius 2 is 1.71 bits per heavy atom. The highest BCUT2D eigenvalue weighted by atomic mass is 35.5. The average Bonchev–Trinajstić information content (AvgIpc) is 2.33. The zero-order valence-corrected chi connectivity index (χ0v) is 12.4. The van der Waals surface area contributed by atoms with Crippen LogP contribution in [0.3, 0.4) is 0 Å². The summed E-state index contributed by atoms with van der Waals surface area (Å²) < 4.78 is 15.3. The van der Waals surface area contributed by atoms with Crippen LogP contribution < -0.4 is 4.52 Å². The van der Waals surface area contributed by atoms with Crippen LogP contribution in [0.5, 0.6) is 5.75 Å². The van der Waals surface area contributed by atoms with Crippen LogP contribution in [0.25, 0.3) is 0 Å². The number of rotatable bonds is 5. The van der Waals surface area contributed by atoms with E-state index >= 15 is 0 Å². The maximum atomic E-state index is 8.98. The molecule has 0 spiro atoms. The largest absolute Gasteiger partial charge is 0.421 e. The molecule has 0 aliphatic heterocycles. The smallest absolute Gasteiger partial charge is 0.380 e. The van der Waals surface area contributed by atoms with Crippen molar-refractivity contribution < 1.29 is 18.7 Å². The second kappa shape index (κ2) is 6.34. The highest BCUT2D eigenvalue weighted by Gasteiger charge is 2.22. The SMILES string of the molecule is COP(=S)(OC)Oc1c(Cl)cc(CO)cc1Cl. The minimum absolute atomic E-state index is 0.164. The third-order valence-corrected chi connectivity index (χ3v) is 4.87. The first-order chi connectivity index (χ1) is 7.95. The van der Waals surface area contributed by atoms with Gasteiger partial charge in [-0.05, 0) is 17.7 Å². The normalized spacial score (nSPS) is 11.6. The molecule has 1 aromatic carbocycles. The Balaban J connectivity index is 3.11. The van der Waals surface area contributed by atoms with E-state index in [1.807, 2.05) is 0 Å². The van der Waals surface area contributed by atoms with Crippen LogP contribution in [0, 0.1) is 0 Å². The number of hydrogen-bond acceptors (Lipinski definition) is 5. The Kier molecular flexibility index (Phi) is 5.67. The van der Waals surface area contributed by atoms with Crippen molar-refractivity contribution in [3.05, 3.63) is 27.7 Å². The summed E-state index contributed by atoms with van der Waals surface area (Å²) in [5.41, 5.74) is 0.579. The van der Waals surface area contributed by atoms with E-state index in [0.29, 0.717) is 5.56 Å². The van der Waals surface area contributed by atoms with Crippen molar-refractivity contribution in [3.63, 3.8) is 0 Å². The molecule has 96 valence electrons. The maximum Gasteiger partial charge on any atom is 0.380 e. The van der Waals surface area contributed by atoms with Crippen LogP contribution >= 0.6 is 29.9 Å². The van der Waals surface area contributed by atoms with E-state index in [9.17, 15) is 0 Å². The molecule has 4 nitrogen and oxygen atoms in total. The molecule has 0 radical (unpaired) electrons. The predicted octanol–water partition coefficient (Wildman–Crippen LogP) is 3.38. The molecule has 17 heavy (non-hydrogen) atoms. The molecule has 0 aromatic heterocycles. The predicted molar refractivity (Wildman–Crippen MR) is 71.3 cm³/mol. The van der Waals surface area contributed by atoms with Crippen molar-refractivity contribution in [3.8, 4) is 5.75 Å². The number of aliphatic hydroxyl groups excluding tert-OH is 1. The lowest BCUT2D eigenvalue weighted by atomic mass is 10.2. The Morgan fingerprint density at radius 1 is 1.24 bits per heavy atom. The van der Waals surface area contributed by atoms with E-state index in [1.165, 1.54) is 26.4 Å². The van der Waals surface area contributed by atoms with Crippen LogP contribution in [0.1, 0.15) is 5.56 Å². The first-order valence-corrected chi connectivity index (χ1v) is 7.77. The summed E-state index contributed by atoms with van der Waals surface area (Å²) in [5, 5.41) is 9.46. The van der Waals surface area contributed by atoms with Gasteiger partial charge in [-0.15, -0.1) is 0 Å². The van der Waals surface area contributed by atoms with Crippen molar-refractivity contribution in [1.82, 2.24) is 0 Å². The van der Waals surface area contributed by atoms with Gasteiger partial charge in [0.1, 0.15) is 0 Å². The molecule has 0 atom stereocenters. The maximum absolute atomic E-state index is 8.98. The zero-order chi connectivity index (χ0) is 13.1. The highest BCUT2D eigenvalue weighted by Crippen LogP contribution is 2.51. The van der Waals surface area contributed by atoms with Gasteiger partial charge in [-0.2, -0.15) is 0 Å². The molecule has 0 saturated heterocycles. The van der Waals surface area contributed by atoms with Gasteiger partial charge in [-0.3, -0.25) is 0 Å². The molecule has 0 bridgehead atoms. The molecular formula is C9H11Cl2O4PS. The van der Waals surface area contributed by atoms with Crippen molar-refractivity contribution >= 4 is 41.7 Å². The molecule has 1 aromatic rings. The summed E-state index contributed by atoms with van der Waals surface area (Å²) in [5.74, 6) is 0.192. The summed E-state index contributed by atoms with van der Waals surface area (Å²) in [6.45, 7) is -3.04. The van der Waals surface area contributed by atoms with Gasteiger partial charge in [0.2, 0.25) is 0 Å². The lowest BCUT2D eigenvalue weighted by molar-refractivity contribution is 0.272. The van der Waals surface area contributed by atoms with Crippen LogP contribution in [-0.4, -0.2) is 19.3 Å².